The number of halogens is 2. The molecule has 0 unspecified atom stereocenters. The summed E-state index contributed by atoms with van der Waals surface area (Å²) in [6.07, 6.45) is 0.315. The zero-order valence-corrected chi connectivity index (χ0v) is 7.92. The van der Waals surface area contributed by atoms with E-state index in [0.29, 0.717) is 6.29 Å². The van der Waals surface area contributed by atoms with Crippen molar-refractivity contribution in [3.63, 3.8) is 0 Å². The molecule has 0 aliphatic carbocycles. The average molecular weight is 228 g/mol. The molecule has 0 amide bonds. The standard InChI is InChI=1S/C9H3ClFNO3/c10-7-5-9(12(14)15)8(11)4-6(7)2-1-3-13/h3-5H. The first-order valence-electron chi connectivity index (χ1n) is 3.65. The highest BCUT2D eigenvalue weighted by Crippen LogP contribution is 2.25. The van der Waals surface area contributed by atoms with E-state index in [0.717, 1.165) is 12.1 Å². The third kappa shape index (κ3) is 2.51. The van der Waals surface area contributed by atoms with Gasteiger partial charge in [-0.25, -0.2) is 0 Å². The zero-order chi connectivity index (χ0) is 11.4. The van der Waals surface area contributed by atoms with E-state index in [4.69, 9.17) is 11.6 Å². The molecule has 0 radical (unpaired) electrons. The Bertz CT molecular complexity index is 490. The van der Waals surface area contributed by atoms with Crippen molar-refractivity contribution in [2.24, 2.45) is 0 Å². The Morgan fingerprint density at radius 1 is 1.53 bits per heavy atom. The van der Waals surface area contributed by atoms with Crippen molar-refractivity contribution in [1.29, 1.82) is 0 Å². The molecule has 0 atom stereocenters. The van der Waals surface area contributed by atoms with Crippen LogP contribution in [0.4, 0.5) is 10.1 Å². The summed E-state index contributed by atoms with van der Waals surface area (Å²) >= 11 is 5.59. The van der Waals surface area contributed by atoms with Crippen LogP contribution in [0.5, 0.6) is 0 Å². The SMILES string of the molecule is O=CC#Cc1cc(F)c([N+](=O)[O-])cc1Cl. The summed E-state index contributed by atoms with van der Waals surface area (Å²) in [7, 11) is 0. The summed E-state index contributed by atoms with van der Waals surface area (Å²) in [6, 6.07) is 1.67. The number of nitrogens with zero attached hydrogens (tertiary/aromatic N) is 1. The lowest BCUT2D eigenvalue weighted by Gasteiger charge is -1.97. The molecule has 0 fully saturated rings. The van der Waals surface area contributed by atoms with Crippen LogP contribution in [-0.4, -0.2) is 11.2 Å². The highest BCUT2D eigenvalue weighted by Gasteiger charge is 2.16. The Balaban J connectivity index is 3.31. The van der Waals surface area contributed by atoms with Gasteiger partial charge in [0.2, 0.25) is 5.82 Å². The topological polar surface area (TPSA) is 60.2 Å². The van der Waals surface area contributed by atoms with Gasteiger partial charge in [-0.3, -0.25) is 14.9 Å². The van der Waals surface area contributed by atoms with Gasteiger partial charge >= 0.3 is 5.69 Å². The fraction of sp³-hybridized carbons (Fsp3) is 0. The minimum Gasteiger partial charge on any atom is -0.289 e. The number of hydrogen-bond donors (Lipinski definition) is 0. The Morgan fingerprint density at radius 3 is 2.73 bits per heavy atom. The van der Waals surface area contributed by atoms with E-state index >= 15 is 0 Å². The lowest BCUT2D eigenvalue weighted by Crippen LogP contribution is -1.93. The number of rotatable bonds is 1. The van der Waals surface area contributed by atoms with E-state index in [2.05, 4.69) is 5.92 Å². The second kappa shape index (κ2) is 4.53. The molecule has 0 spiro atoms. The van der Waals surface area contributed by atoms with Crippen molar-refractivity contribution < 1.29 is 14.1 Å². The Labute approximate surface area is 88.8 Å². The molecule has 0 aromatic heterocycles. The van der Waals surface area contributed by atoms with E-state index in [-0.39, 0.29) is 10.6 Å². The van der Waals surface area contributed by atoms with Crippen LogP contribution in [0.2, 0.25) is 5.02 Å². The first-order chi connectivity index (χ1) is 7.06. The average Bonchev–Trinajstić information content (AvgIpc) is 2.18. The third-order valence-electron chi connectivity index (χ3n) is 1.50. The number of benzene rings is 1. The fourth-order valence-electron chi connectivity index (χ4n) is 0.879. The van der Waals surface area contributed by atoms with Gasteiger partial charge in [0.1, 0.15) is 0 Å². The van der Waals surface area contributed by atoms with Crippen LogP contribution in [0.1, 0.15) is 5.56 Å². The zero-order valence-electron chi connectivity index (χ0n) is 7.16. The molecule has 76 valence electrons. The Morgan fingerprint density at radius 2 is 2.20 bits per heavy atom. The maximum absolute atomic E-state index is 13.1. The number of nitro benzene ring substituents is 1. The maximum atomic E-state index is 13.1. The lowest BCUT2D eigenvalue weighted by molar-refractivity contribution is -0.387. The second-order valence-electron chi connectivity index (χ2n) is 2.43. The van der Waals surface area contributed by atoms with E-state index in [1.165, 1.54) is 0 Å². The number of nitro groups is 1. The molecule has 0 aliphatic heterocycles. The number of aldehydes is 1. The number of carbonyl (C=O) groups is 1. The van der Waals surface area contributed by atoms with Crippen molar-refractivity contribution >= 4 is 23.6 Å². The van der Waals surface area contributed by atoms with Crippen LogP contribution < -0.4 is 0 Å². The van der Waals surface area contributed by atoms with Crippen molar-refractivity contribution in [2.45, 2.75) is 0 Å². The van der Waals surface area contributed by atoms with Crippen LogP contribution in [0.3, 0.4) is 0 Å². The predicted molar refractivity (Wildman–Crippen MR) is 51.0 cm³/mol. The van der Waals surface area contributed by atoms with Crippen LogP contribution in [0, 0.1) is 27.8 Å². The summed E-state index contributed by atoms with van der Waals surface area (Å²) in [6.45, 7) is 0. The van der Waals surface area contributed by atoms with Gasteiger partial charge in [0, 0.05) is 11.6 Å². The predicted octanol–water partition coefficient (Wildman–Crippen LogP) is 1.94. The molecule has 0 aliphatic rings. The fourth-order valence-corrected chi connectivity index (χ4v) is 1.08. The smallest absolute Gasteiger partial charge is 0.289 e. The normalized spacial score (nSPS) is 8.93. The molecule has 1 aromatic carbocycles. The monoisotopic (exact) mass is 227 g/mol. The molecule has 0 saturated carbocycles. The van der Waals surface area contributed by atoms with Crippen molar-refractivity contribution in [3.8, 4) is 11.8 Å². The van der Waals surface area contributed by atoms with Gasteiger partial charge in [0.15, 0.2) is 6.29 Å². The lowest BCUT2D eigenvalue weighted by atomic mass is 10.2. The first kappa shape index (κ1) is 11.1. The van der Waals surface area contributed by atoms with E-state index in [1.54, 1.807) is 0 Å². The molecule has 0 heterocycles. The van der Waals surface area contributed by atoms with Gasteiger partial charge in [0.25, 0.3) is 0 Å². The number of hydrogen-bond acceptors (Lipinski definition) is 3. The van der Waals surface area contributed by atoms with Crippen molar-refractivity contribution in [2.75, 3.05) is 0 Å². The van der Waals surface area contributed by atoms with Crippen LogP contribution >= 0.6 is 11.6 Å². The highest BCUT2D eigenvalue weighted by atomic mass is 35.5. The van der Waals surface area contributed by atoms with Gasteiger partial charge in [-0.15, -0.1) is 0 Å². The van der Waals surface area contributed by atoms with Crippen LogP contribution in [-0.2, 0) is 4.79 Å². The minimum absolute atomic E-state index is 0.0341. The molecular formula is C9H3ClFNO3. The quantitative estimate of drug-likeness (QED) is 0.319. The molecule has 4 nitrogen and oxygen atoms in total. The molecule has 15 heavy (non-hydrogen) atoms. The summed E-state index contributed by atoms with van der Waals surface area (Å²) in [4.78, 5) is 19.4. The Kier molecular flexibility index (Phi) is 3.37. The van der Waals surface area contributed by atoms with Gasteiger partial charge in [-0.05, 0) is 12.0 Å². The summed E-state index contributed by atoms with van der Waals surface area (Å²) in [5.74, 6) is 3.24. The second-order valence-corrected chi connectivity index (χ2v) is 2.83. The molecule has 0 bridgehead atoms. The largest absolute Gasteiger partial charge is 0.306 e. The molecule has 1 rings (SSSR count). The third-order valence-corrected chi connectivity index (χ3v) is 1.81. The van der Waals surface area contributed by atoms with E-state index in [1.807, 2.05) is 5.92 Å². The van der Waals surface area contributed by atoms with Crippen LogP contribution in [0.15, 0.2) is 12.1 Å². The molecule has 0 saturated heterocycles. The molecule has 0 N–H and O–H groups in total. The Hall–Kier alpha value is -1.93. The minimum atomic E-state index is -1.04. The van der Waals surface area contributed by atoms with Crippen LogP contribution in [0.25, 0.3) is 0 Å². The summed E-state index contributed by atoms with van der Waals surface area (Å²) < 4.78 is 13.1. The van der Waals surface area contributed by atoms with Gasteiger partial charge < -0.3 is 0 Å². The molecule has 1 aromatic rings. The van der Waals surface area contributed by atoms with E-state index in [9.17, 15) is 19.3 Å². The number of carbonyl (C=O) groups excluding carboxylic acids is 1. The maximum Gasteiger partial charge on any atom is 0.306 e. The van der Waals surface area contributed by atoms with Gasteiger partial charge in [-0.1, -0.05) is 17.5 Å². The first-order valence-corrected chi connectivity index (χ1v) is 4.02. The molecule has 6 heteroatoms. The van der Waals surface area contributed by atoms with Gasteiger partial charge in [0.05, 0.1) is 9.95 Å². The highest BCUT2D eigenvalue weighted by molar-refractivity contribution is 6.32. The van der Waals surface area contributed by atoms with Gasteiger partial charge in [-0.2, -0.15) is 4.39 Å². The molecular weight excluding hydrogens is 225 g/mol. The van der Waals surface area contributed by atoms with Crippen molar-refractivity contribution in [3.05, 3.63) is 38.7 Å². The van der Waals surface area contributed by atoms with Crippen molar-refractivity contribution in [1.82, 2.24) is 0 Å². The summed E-state index contributed by atoms with van der Waals surface area (Å²) in [5, 5.41) is 10.2. The van der Waals surface area contributed by atoms with E-state index < -0.39 is 16.4 Å². The summed E-state index contributed by atoms with van der Waals surface area (Å²) in [5.41, 5.74) is -0.691.